The summed E-state index contributed by atoms with van der Waals surface area (Å²) in [4.78, 5) is 16.4. The number of anilines is 1. The molecule has 1 amide bonds. The largest absolute Gasteiger partial charge is 0.435 e. The van der Waals surface area contributed by atoms with Gasteiger partial charge in [-0.2, -0.15) is 8.78 Å². The molecule has 0 saturated heterocycles. The highest BCUT2D eigenvalue weighted by Crippen LogP contribution is 2.24. The van der Waals surface area contributed by atoms with Crippen LogP contribution in [-0.4, -0.2) is 49.6 Å². The van der Waals surface area contributed by atoms with Crippen LogP contribution in [0.25, 0.3) is 0 Å². The van der Waals surface area contributed by atoms with Crippen molar-refractivity contribution in [3.8, 4) is 5.75 Å². The molecule has 1 atom stereocenters. The Bertz CT molecular complexity index is 905. The predicted molar refractivity (Wildman–Crippen MR) is 102 cm³/mol. The van der Waals surface area contributed by atoms with E-state index in [0.717, 1.165) is 16.1 Å². The number of carbonyl (C=O) groups is 1. The summed E-state index contributed by atoms with van der Waals surface area (Å²) in [6.07, 6.45) is 1.24. The van der Waals surface area contributed by atoms with Crippen LogP contribution in [-0.2, 0) is 14.8 Å². The Kier molecular flexibility index (Phi) is 7.33. The maximum absolute atomic E-state index is 12.3. The molecule has 1 N–H and O–H groups in total. The lowest BCUT2D eigenvalue weighted by atomic mass is 10.3. The average Bonchev–Trinajstić information content (AvgIpc) is 2.63. The number of nitrogens with one attached hydrogen (secondary N) is 1. The number of benzene rings is 1. The van der Waals surface area contributed by atoms with Crippen LogP contribution in [0.15, 0.2) is 52.5 Å². The van der Waals surface area contributed by atoms with Gasteiger partial charge in [-0.05, 0) is 43.3 Å². The molecule has 2 rings (SSSR count). The minimum atomic E-state index is -3.57. The fourth-order valence-corrected chi connectivity index (χ4v) is 3.63. The van der Waals surface area contributed by atoms with Crippen LogP contribution in [0.3, 0.4) is 0 Å². The Morgan fingerprint density at radius 3 is 2.32 bits per heavy atom. The van der Waals surface area contributed by atoms with Gasteiger partial charge in [0, 0.05) is 26.0 Å². The number of ether oxygens (including phenoxy) is 1. The van der Waals surface area contributed by atoms with Crippen molar-refractivity contribution in [1.29, 1.82) is 0 Å². The van der Waals surface area contributed by atoms with Gasteiger partial charge < -0.3 is 10.1 Å². The van der Waals surface area contributed by atoms with Crippen LogP contribution in [0.1, 0.15) is 6.92 Å². The summed E-state index contributed by atoms with van der Waals surface area (Å²) in [6, 6.07) is 8.51. The molecule has 0 saturated carbocycles. The molecule has 2 aromatic rings. The van der Waals surface area contributed by atoms with E-state index in [2.05, 4.69) is 15.0 Å². The van der Waals surface area contributed by atoms with Crippen LogP contribution < -0.4 is 10.1 Å². The highest BCUT2D eigenvalue weighted by atomic mass is 32.2. The highest BCUT2D eigenvalue weighted by Gasteiger charge is 2.19. The number of nitrogens with zero attached hydrogens (tertiary/aromatic N) is 2. The molecule has 0 radical (unpaired) electrons. The third-order valence-electron chi connectivity index (χ3n) is 3.50. The van der Waals surface area contributed by atoms with Gasteiger partial charge in [0.05, 0.1) is 10.3 Å². The summed E-state index contributed by atoms with van der Waals surface area (Å²) >= 11 is 1.15. The molecule has 0 aliphatic heterocycles. The van der Waals surface area contributed by atoms with E-state index in [1.165, 1.54) is 56.7 Å². The van der Waals surface area contributed by atoms with Gasteiger partial charge >= 0.3 is 6.61 Å². The number of halogens is 2. The van der Waals surface area contributed by atoms with E-state index in [4.69, 9.17) is 0 Å². The van der Waals surface area contributed by atoms with Crippen LogP contribution >= 0.6 is 11.8 Å². The summed E-state index contributed by atoms with van der Waals surface area (Å²) in [5.41, 5.74) is 0.430. The van der Waals surface area contributed by atoms with Crippen LogP contribution in [0, 0.1) is 0 Å². The summed E-state index contributed by atoms with van der Waals surface area (Å²) < 4.78 is 53.7. The SMILES string of the molecule is C[C@H](Sc1ccc(S(=O)(=O)N(C)C)cn1)C(=O)Nc1ccc(OC(F)F)cc1. The molecule has 0 unspecified atom stereocenters. The second-order valence-electron chi connectivity index (χ2n) is 5.77. The van der Waals surface area contributed by atoms with Crippen molar-refractivity contribution in [3.63, 3.8) is 0 Å². The number of sulfonamides is 1. The minimum Gasteiger partial charge on any atom is -0.435 e. The summed E-state index contributed by atoms with van der Waals surface area (Å²) in [5.74, 6) is -0.327. The zero-order valence-electron chi connectivity index (χ0n) is 15.3. The molecule has 1 aromatic heterocycles. The highest BCUT2D eigenvalue weighted by molar-refractivity contribution is 8.00. The van der Waals surface area contributed by atoms with Crippen molar-refractivity contribution in [2.75, 3.05) is 19.4 Å². The van der Waals surface area contributed by atoms with Crippen molar-refractivity contribution in [1.82, 2.24) is 9.29 Å². The van der Waals surface area contributed by atoms with E-state index in [9.17, 15) is 22.0 Å². The first-order chi connectivity index (χ1) is 13.1. The van der Waals surface area contributed by atoms with Crippen LogP contribution in [0.2, 0.25) is 0 Å². The summed E-state index contributed by atoms with van der Waals surface area (Å²) in [7, 11) is -0.711. The van der Waals surface area contributed by atoms with E-state index in [1.54, 1.807) is 6.92 Å². The quantitative estimate of drug-likeness (QED) is 0.647. The number of pyridine rings is 1. The number of aromatic nitrogens is 1. The van der Waals surface area contributed by atoms with Crippen molar-refractivity contribution in [2.24, 2.45) is 0 Å². The Morgan fingerprint density at radius 1 is 1.18 bits per heavy atom. The van der Waals surface area contributed by atoms with Crippen molar-refractivity contribution in [3.05, 3.63) is 42.6 Å². The number of amides is 1. The number of hydrogen-bond acceptors (Lipinski definition) is 6. The smallest absolute Gasteiger partial charge is 0.387 e. The predicted octanol–water partition coefficient (Wildman–Crippen LogP) is 3.05. The number of hydrogen-bond donors (Lipinski definition) is 1. The van der Waals surface area contributed by atoms with Crippen LogP contribution in [0.4, 0.5) is 14.5 Å². The molecule has 0 aliphatic rings. The molecule has 0 aliphatic carbocycles. The van der Waals surface area contributed by atoms with Gasteiger partial charge in [0.15, 0.2) is 0 Å². The van der Waals surface area contributed by atoms with Gasteiger partial charge in [-0.1, -0.05) is 11.8 Å². The normalized spacial score (nSPS) is 12.8. The molecule has 152 valence electrons. The first-order valence-corrected chi connectivity index (χ1v) is 10.3. The van der Waals surface area contributed by atoms with E-state index < -0.39 is 21.9 Å². The molecule has 1 aromatic carbocycles. The lowest BCUT2D eigenvalue weighted by molar-refractivity contribution is -0.115. The Balaban J connectivity index is 1.97. The Labute approximate surface area is 166 Å². The molecule has 7 nitrogen and oxygen atoms in total. The molecular formula is C17H19F2N3O4S2. The van der Waals surface area contributed by atoms with Gasteiger partial charge in [-0.15, -0.1) is 0 Å². The number of alkyl halides is 2. The molecular weight excluding hydrogens is 412 g/mol. The fourth-order valence-electron chi connectivity index (χ4n) is 2.00. The Morgan fingerprint density at radius 2 is 1.82 bits per heavy atom. The molecule has 28 heavy (non-hydrogen) atoms. The molecule has 0 fully saturated rings. The first-order valence-electron chi connectivity index (χ1n) is 8.00. The topological polar surface area (TPSA) is 88.6 Å². The molecule has 0 spiro atoms. The van der Waals surface area contributed by atoms with E-state index >= 15 is 0 Å². The lowest BCUT2D eigenvalue weighted by Gasteiger charge is -2.13. The maximum atomic E-state index is 12.3. The van der Waals surface area contributed by atoms with Gasteiger partial charge in [0.1, 0.15) is 10.6 Å². The lowest BCUT2D eigenvalue weighted by Crippen LogP contribution is -2.23. The zero-order chi connectivity index (χ0) is 20.9. The van der Waals surface area contributed by atoms with E-state index in [-0.39, 0.29) is 16.6 Å². The number of thioether (sulfide) groups is 1. The van der Waals surface area contributed by atoms with Crippen molar-refractivity contribution < 1.29 is 26.7 Å². The summed E-state index contributed by atoms with van der Waals surface area (Å²) in [5, 5.41) is 2.62. The number of carbonyl (C=O) groups excluding carboxylic acids is 1. The third-order valence-corrected chi connectivity index (χ3v) is 6.35. The second-order valence-corrected chi connectivity index (χ2v) is 9.28. The second kappa shape index (κ2) is 9.30. The Hall–Kier alpha value is -2.24. The van der Waals surface area contributed by atoms with Gasteiger partial charge in [0.2, 0.25) is 15.9 Å². The van der Waals surface area contributed by atoms with Gasteiger partial charge in [-0.3, -0.25) is 4.79 Å². The molecule has 1 heterocycles. The standard InChI is InChI=1S/C17H19F2N3O4S2/c1-11(16(23)21-12-4-6-13(7-5-12)26-17(18)19)27-15-9-8-14(10-20-15)28(24,25)22(2)3/h4-11,17H,1-3H3,(H,21,23)/t11-/m0/s1. The number of rotatable bonds is 8. The minimum absolute atomic E-state index is 0.00705. The summed E-state index contributed by atoms with van der Waals surface area (Å²) in [6.45, 7) is -1.25. The van der Waals surface area contributed by atoms with Gasteiger partial charge in [0.25, 0.3) is 0 Å². The zero-order valence-corrected chi connectivity index (χ0v) is 16.9. The molecule has 0 bridgehead atoms. The fraction of sp³-hybridized carbons (Fsp3) is 0.294. The maximum Gasteiger partial charge on any atom is 0.387 e. The third kappa shape index (κ3) is 5.88. The van der Waals surface area contributed by atoms with Crippen molar-refractivity contribution in [2.45, 2.75) is 28.7 Å². The van der Waals surface area contributed by atoms with E-state index in [1.807, 2.05) is 0 Å². The van der Waals surface area contributed by atoms with E-state index in [0.29, 0.717) is 10.7 Å². The average molecular weight is 431 g/mol. The monoisotopic (exact) mass is 431 g/mol. The molecule has 11 heteroatoms. The van der Waals surface area contributed by atoms with Crippen LogP contribution in [0.5, 0.6) is 5.75 Å². The van der Waals surface area contributed by atoms with Gasteiger partial charge in [-0.25, -0.2) is 17.7 Å². The first kappa shape index (κ1) is 22.1. The van der Waals surface area contributed by atoms with Crippen molar-refractivity contribution >= 4 is 33.4 Å².